The van der Waals surface area contributed by atoms with Crippen LogP contribution in [0.1, 0.15) is 16.7 Å². The molecule has 182 valence electrons. The fraction of sp³-hybridized carbons (Fsp3) is 0.172. The molecule has 0 fully saturated rings. The van der Waals surface area contributed by atoms with Crippen molar-refractivity contribution < 1.29 is 4.74 Å². The van der Waals surface area contributed by atoms with Crippen LogP contribution in [0.15, 0.2) is 70.5 Å². The minimum atomic E-state index is -0.178. The van der Waals surface area contributed by atoms with Crippen LogP contribution < -0.4 is 15.9 Å². The van der Waals surface area contributed by atoms with Crippen molar-refractivity contribution in [3.05, 3.63) is 103 Å². The largest absolute Gasteiger partial charge is 0.455 e. The molecule has 0 spiro atoms. The highest BCUT2D eigenvalue weighted by atomic mass is 35.5. The number of aryl methyl sites for hydroxylation is 5. The fourth-order valence-corrected chi connectivity index (χ4v) is 4.72. The second-order valence-corrected chi connectivity index (χ2v) is 9.65. The fourth-order valence-electron chi connectivity index (χ4n) is 4.55. The maximum absolute atomic E-state index is 13.1. The minimum absolute atomic E-state index is 0.166. The van der Waals surface area contributed by atoms with Crippen LogP contribution in [0, 0.1) is 20.8 Å². The van der Waals surface area contributed by atoms with E-state index in [4.69, 9.17) is 16.3 Å². The van der Waals surface area contributed by atoms with Gasteiger partial charge in [0.25, 0.3) is 11.1 Å². The number of halogens is 1. The quantitative estimate of drug-likeness (QED) is 0.317. The average molecular weight is 500 g/mol. The number of nitrogens with one attached hydrogen (secondary N) is 1. The number of H-pyrrole nitrogens is 1. The van der Waals surface area contributed by atoms with Crippen LogP contribution in [0.2, 0.25) is 5.02 Å². The first-order valence-corrected chi connectivity index (χ1v) is 12.0. The Kier molecular flexibility index (Phi) is 5.85. The van der Waals surface area contributed by atoms with Gasteiger partial charge in [0.05, 0.1) is 6.20 Å². The lowest BCUT2D eigenvalue weighted by Gasteiger charge is -2.17. The molecule has 5 rings (SSSR count). The molecule has 5 aromatic rings. The van der Waals surface area contributed by atoms with Crippen LogP contribution in [-0.2, 0) is 14.1 Å². The van der Waals surface area contributed by atoms with Gasteiger partial charge in [0.2, 0.25) is 0 Å². The third-order valence-corrected chi connectivity index (χ3v) is 6.79. The molecule has 36 heavy (non-hydrogen) atoms. The molecule has 3 heterocycles. The normalized spacial score (nSPS) is 11.3. The van der Waals surface area contributed by atoms with Crippen molar-refractivity contribution in [2.45, 2.75) is 20.8 Å². The summed E-state index contributed by atoms with van der Waals surface area (Å²) >= 11 is 6.27. The number of rotatable bonds is 4. The molecule has 7 heteroatoms. The molecule has 3 aromatic heterocycles. The molecule has 0 aliphatic carbocycles. The van der Waals surface area contributed by atoms with Crippen molar-refractivity contribution in [2.75, 3.05) is 0 Å². The van der Waals surface area contributed by atoms with E-state index in [1.807, 2.05) is 63.2 Å². The molecule has 0 aliphatic rings. The summed E-state index contributed by atoms with van der Waals surface area (Å²) in [6.07, 6.45) is 3.44. The second kappa shape index (κ2) is 8.88. The third kappa shape index (κ3) is 4.03. The van der Waals surface area contributed by atoms with Crippen LogP contribution in [0.5, 0.6) is 11.5 Å². The van der Waals surface area contributed by atoms with E-state index in [9.17, 15) is 9.59 Å². The number of hydrogen-bond acceptors (Lipinski definition) is 3. The molecule has 2 aromatic carbocycles. The Morgan fingerprint density at radius 1 is 0.806 bits per heavy atom. The Labute approximate surface area is 213 Å². The number of pyridine rings is 2. The Morgan fingerprint density at radius 2 is 1.53 bits per heavy atom. The summed E-state index contributed by atoms with van der Waals surface area (Å²) < 4.78 is 9.44. The Hall–Kier alpha value is -4.03. The van der Waals surface area contributed by atoms with E-state index < -0.39 is 0 Å². The van der Waals surface area contributed by atoms with Crippen LogP contribution in [0.4, 0.5) is 0 Å². The van der Waals surface area contributed by atoms with Gasteiger partial charge < -0.3 is 18.9 Å². The lowest BCUT2D eigenvalue weighted by molar-refractivity contribution is 0.470. The second-order valence-electron chi connectivity index (χ2n) is 9.21. The van der Waals surface area contributed by atoms with E-state index in [0.29, 0.717) is 32.8 Å². The molecular formula is C29H26ClN3O3. The number of aromatic amines is 1. The first-order chi connectivity index (χ1) is 17.1. The maximum atomic E-state index is 13.1. The van der Waals surface area contributed by atoms with Gasteiger partial charge in [0.1, 0.15) is 11.3 Å². The Morgan fingerprint density at radius 3 is 2.25 bits per heavy atom. The molecule has 0 bridgehead atoms. The summed E-state index contributed by atoms with van der Waals surface area (Å²) in [5.41, 5.74) is 6.10. The maximum Gasteiger partial charge on any atom is 0.274 e. The zero-order chi connectivity index (χ0) is 25.7. The molecule has 6 nitrogen and oxygen atoms in total. The summed E-state index contributed by atoms with van der Waals surface area (Å²) in [5, 5.41) is 1.31. The zero-order valence-corrected chi connectivity index (χ0v) is 21.5. The van der Waals surface area contributed by atoms with E-state index >= 15 is 0 Å². The van der Waals surface area contributed by atoms with Crippen molar-refractivity contribution in [3.63, 3.8) is 0 Å². The molecule has 0 radical (unpaired) electrons. The predicted octanol–water partition coefficient (Wildman–Crippen LogP) is 6.27. The summed E-state index contributed by atoms with van der Waals surface area (Å²) in [6.45, 7) is 5.97. The van der Waals surface area contributed by atoms with E-state index in [2.05, 4.69) is 4.98 Å². The van der Waals surface area contributed by atoms with Gasteiger partial charge in [-0.3, -0.25) is 9.59 Å². The number of hydrogen-bond donors (Lipinski definition) is 1. The first kappa shape index (κ1) is 23.7. The van der Waals surface area contributed by atoms with Crippen LogP contribution >= 0.6 is 11.6 Å². The van der Waals surface area contributed by atoms with E-state index in [0.717, 1.165) is 33.7 Å². The number of fused-ring (bicyclic) bond motifs is 1. The van der Waals surface area contributed by atoms with Crippen molar-refractivity contribution in [1.82, 2.24) is 14.1 Å². The van der Waals surface area contributed by atoms with Gasteiger partial charge in [0.15, 0.2) is 5.75 Å². The van der Waals surface area contributed by atoms with Gasteiger partial charge >= 0.3 is 0 Å². The van der Waals surface area contributed by atoms with Crippen LogP contribution in [0.3, 0.4) is 0 Å². The topological polar surface area (TPSA) is 69.0 Å². The van der Waals surface area contributed by atoms with E-state index in [-0.39, 0.29) is 11.1 Å². The van der Waals surface area contributed by atoms with Gasteiger partial charge in [-0.2, -0.15) is 0 Å². The molecule has 0 saturated carbocycles. The molecule has 0 unspecified atom stereocenters. The smallest absolute Gasteiger partial charge is 0.274 e. The highest BCUT2D eigenvalue weighted by molar-refractivity contribution is 6.30. The highest BCUT2D eigenvalue weighted by Crippen LogP contribution is 2.39. The first-order valence-electron chi connectivity index (χ1n) is 11.6. The molecule has 0 saturated heterocycles. The SMILES string of the molecule is Cc1ccc(Cl)cc1-c1cc2c(-c3cc(=O)n(C)cc3Oc3c(C)cccc3C)cn(C)c(=O)c2[nH]1. The highest BCUT2D eigenvalue weighted by Gasteiger charge is 2.19. The minimum Gasteiger partial charge on any atom is -0.455 e. The van der Waals surface area contributed by atoms with Crippen molar-refractivity contribution >= 4 is 22.5 Å². The summed E-state index contributed by atoms with van der Waals surface area (Å²) in [4.78, 5) is 29.2. The molecule has 0 amide bonds. The summed E-state index contributed by atoms with van der Waals surface area (Å²) in [5.74, 6) is 1.26. The number of aromatic nitrogens is 3. The van der Waals surface area contributed by atoms with Crippen molar-refractivity contribution in [3.8, 4) is 33.9 Å². The number of ether oxygens (including phenoxy) is 1. The van der Waals surface area contributed by atoms with Gasteiger partial charge in [-0.05, 0) is 55.7 Å². The van der Waals surface area contributed by atoms with E-state index in [1.54, 1.807) is 32.6 Å². The number of para-hydroxylation sites is 1. The lowest BCUT2D eigenvalue weighted by Crippen LogP contribution is -2.18. The van der Waals surface area contributed by atoms with Crippen molar-refractivity contribution in [2.24, 2.45) is 14.1 Å². The Bertz CT molecular complexity index is 1760. The summed E-state index contributed by atoms with van der Waals surface area (Å²) in [6, 6.07) is 15.1. The molecule has 1 N–H and O–H groups in total. The van der Waals surface area contributed by atoms with Gasteiger partial charge in [-0.25, -0.2) is 0 Å². The molecule has 0 atom stereocenters. The number of nitrogens with zero attached hydrogens (tertiary/aromatic N) is 2. The monoisotopic (exact) mass is 499 g/mol. The summed E-state index contributed by atoms with van der Waals surface area (Å²) in [7, 11) is 3.39. The van der Waals surface area contributed by atoms with Crippen molar-refractivity contribution in [1.29, 1.82) is 0 Å². The third-order valence-electron chi connectivity index (χ3n) is 6.56. The van der Waals surface area contributed by atoms with E-state index in [1.165, 1.54) is 9.13 Å². The van der Waals surface area contributed by atoms with Gasteiger partial charge in [0, 0.05) is 59.2 Å². The van der Waals surface area contributed by atoms with Gasteiger partial charge in [-0.1, -0.05) is 35.9 Å². The Balaban J connectivity index is 1.79. The van der Waals surface area contributed by atoms with Crippen LogP contribution in [-0.4, -0.2) is 14.1 Å². The molecule has 0 aliphatic heterocycles. The predicted molar refractivity (Wildman–Crippen MR) is 145 cm³/mol. The standard InChI is InChI=1S/C29H26ClN3O3/c1-16-9-10-19(30)11-20(16)24-12-22-23(14-33(5)29(35)27(22)31-24)21-13-26(34)32(4)15-25(21)36-28-17(2)7-6-8-18(28)3/h6-15,31H,1-5H3. The van der Waals surface area contributed by atoms with Crippen LogP contribution in [0.25, 0.3) is 33.3 Å². The zero-order valence-electron chi connectivity index (χ0n) is 20.8. The molecular weight excluding hydrogens is 474 g/mol. The number of benzene rings is 2. The lowest BCUT2D eigenvalue weighted by atomic mass is 10.0. The average Bonchev–Trinajstić information content (AvgIpc) is 3.28. The van der Waals surface area contributed by atoms with Gasteiger partial charge in [-0.15, -0.1) is 0 Å².